The average molecular weight is 178 g/mol. The molecule has 0 aliphatic heterocycles. The van der Waals surface area contributed by atoms with Gasteiger partial charge in [-0.2, -0.15) is 10.2 Å². The third-order valence-electron chi connectivity index (χ3n) is 0.854. The van der Waals surface area contributed by atoms with Crippen LogP contribution >= 0.6 is 0 Å². The zero-order valence-corrected chi connectivity index (χ0v) is 9.13. The highest BCUT2D eigenvalue weighted by Crippen LogP contribution is 1.87. The van der Waals surface area contributed by atoms with E-state index in [4.69, 9.17) is 0 Å². The summed E-state index contributed by atoms with van der Waals surface area (Å²) in [6, 6.07) is 1.82. The maximum Gasteiger partial charge on any atom is 0.0652 e. The maximum atomic E-state index is 3.65. The van der Waals surface area contributed by atoms with Gasteiger partial charge in [-0.25, -0.2) is 0 Å². The van der Waals surface area contributed by atoms with Crippen LogP contribution < -0.4 is 0 Å². The molecule has 2 nitrogen and oxygen atoms in total. The molecule has 0 amide bonds. The van der Waals surface area contributed by atoms with Crippen molar-refractivity contribution in [3.8, 4) is 11.8 Å². The molecular formula is C11H18N2. The molecule has 2 heteroatoms. The predicted molar refractivity (Wildman–Crippen MR) is 57.3 cm³/mol. The van der Waals surface area contributed by atoms with Crippen LogP contribution in [0.25, 0.3) is 0 Å². The van der Waals surface area contributed by atoms with Crippen molar-refractivity contribution in [1.82, 2.24) is 10.2 Å². The van der Waals surface area contributed by atoms with E-state index in [-0.39, 0.29) is 0 Å². The molecule has 0 saturated carbocycles. The number of nitrogens with zero attached hydrogens (tertiary/aromatic N) is 2. The normalized spacial score (nSPS) is 6.23. The van der Waals surface area contributed by atoms with Gasteiger partial charge in [-0.05, 0) is 13.0 Å². The number of hydrogen-bond donors (Lipinski definition) is 0. The van der Waals surface area contributed by atoms with E-state index in [0.717, 1.165) is 5.56 Å². The van der Waals surface area contributed by atoms with Crippen molar-refractivity contribution in [2.24, 2.45) is 0 Å². The molecule has 1 aromatic heterocycles. The third kappa shape index (κ3) is 8.55. The molecule has 0 bridgehead atoms. The molecule has 0 unspecified atom stereocenters. The van der Waals surface area contributed by atoms with Crippen LogP contribution in [0.15, 0.2) is 18.5 Å². The van der Waals surface area contributed by atoms with Crippen molar-refractivity contribution in [3.63, 3.8) is 0 Å². The van der Waals surface area contributed by atoms with E-state index in [1.54, 1.807) is 19.3 Å². The Bertz CT molecular complexity index is 231. The summed E-state index contributed by atoms with van der Waals surface area (Å²) in [5, 5.41) is 7.26. The average Bonchev–Trinajstić information content (AvgIpc) is 2.26. The highest BCUT2D eigenvalue weighted by molar-refractivity contribution is 5.29. The van der Waals surface area contributed by atoms with Gasteiger partial charge in [0.05, 0.1) is 12.4 Å². The van der Waals surface area contributed by atoms with Crippen LogP contribution in [0, 0.1) is 11.8 Å². The predicted octanol–water partition coefficient (Wildman–Crippen LogP) is 2.90. The van der Waals surface area contributed by atoms with Gasteiger partial charge in [-0.15, -0.1) is 5.92 Å². The standard InChI is InChI=1S/C7H6N2.2C2H6/c1-2-3-7-4-5-8-9-6-7;2*1-2/h4-6H,1H3;2*1-2H3. The first kappa shape index (κ1) is 14.2. The lowest BCUT2D eigenvalue weighted by Gasteiger charge is -1.81. The van der Waals surface area contributed by atoms with E-state index in [9.17, 15) is 0 Å². The number of aromatic nitrogens is 2. The van der Waals surface area contributed by atoms with Gasteiger partial charge >= 0.3 is 0 Å². The molecule has 1 heterocycles. The minimum atomic E-state index is 0.910. The highest BCUT2D eigenvalue weighted by Gasteiger charge is 1.79. The second-order valence-corrected chi connectivity index (χ2v) is 1.51. The third-order valence-corrected chi connectivity index (χ3v) is 0.854. The molecule has 0 fully saturated rings. The molecule has 0 atom stereocenters. The highest BCUT2D eigenvalue weighted by atomic mass is 15.1. The van der Waals surface area contributed by atoms with Crippen LogP contribution in [-0.4, -0.2) is 10.2 Å². The molecule has 1 aromatic rings. The first-order chi connectivity index (χ1) is 6.43. The molecule has 13 heavy (non-hydrogen) atoms. The second-order valence-electron chi connectivity index (χ2n) is 1.51. The van der Waals surface area contributed by atoms with Gasteiger partial charge in [0.2, 0.25) is 0 Å². The molecule has 0 N–H and O–H groups in total. The minimum absolute atomic E-state index is 0.910. The van der Waals surface area contributed by atoms with Crippen molar-refractivity contribution in [2.75, 3.05) is 0 Å². The molecular weight excluding hydrogens is 160 g/mol. The lowest BCUT2D eigenvalue weighted by Crippen LogP contribution is -1.78. The Morgan fingerprint density at radius 2 is 1.69 bits per heavy atom. The van der Waals surface area contributed by atoms with Gasteiger partial charge in [-0.1, -0.05) is 33.6 Å². The van der Waals surface area contributed by atoms with E-state index in [0.29, 0.717) is 0 Å². The van der Waals surface area contributed by atoms with E-state index in [1.807, 2.05) is 33.8 Å². The summed E-state index contributed by atoms with van der Waals surface area (Å²) in [4.78, 5) is 0. The second kappa shape index (κ2) is 13.2. The van der Waals surface area contributed by atoms with Gasteiger partial charge < -0.3 is 0 Å². The summed E-state index contributed by atoms with van der Waals surface area (Å²) in [6.45, 7) is 9.79. The van der Waals surface area contributed by atoms with Crippen LogP contribution in [0.3, 0.4) is 0 Å². The lowest BCUT2D eigenvalue weighted by atomic mass is 10.3. The quantitative estimate of drug-likeness (QED) is 0.571. The fourth-order valence-corrected chi connectivity index (χ4v) is 0.509. The zero-order chi connectivity index (χ0) is 10.5. The Morgan fingerprint density at radius 1 is 1.08 bits per heavy atom. The van der Waals surface area contributed by atoms with E-state index >= 15 is 0 Å². The van der Waals surface area contributed by atoms with Crippen LogP contribution in [-0.2, 0) is 0 Å². The maximum absolute atomic E-state index is 3.65. The van der Waals surface area contributed by atoms with Crippen LogP contribution in [0.5, 0.6) is 0 Å². The summed E-state index contributed by atoms with van der Waals surface area (Å²) < 4.78 is 0. The molecule has 72 valence electrons. The van der Waals surface area contributed by atoms with Crippen molar-refractivity contribution < 1.29 is 0 Å². The molecule has 0 spiro atoms. The van der Waals surface area contributed by atoms with E-state index in [1.165, 1.54) is 0 Å². The largest absolute Gasteiger partial charge is 0.159 e. The van der Waals surface area contributed by atoms with Crippen molar-refractivity contribution >= 4 is 0 Å². The van der Waals surface area contributed by atoms with Crippen molar-refractivity contribution in [2.45, 2.75) is 34.6 Å². The molecule has 0 radical (unpaired) electrons. The first-order valence-electron chi connectivity index (χ1n) is 4.63. The minimum Gasteiger partial charge on any atom is -0.159 e. The first-order valence-corrected chi connectivity index (χ1v) is 4.63. The van der Waals surface area contributed by atoms with E-state index < -0.39 is 0 Å². The van der Waals surface area contributed by atoms with Gasteiger partial charge in [0.1, 0.15) is 0 Å². The lowest BCUT2D eigenvalue weighted by molar-refractivity contribution is 1.03. The summed E-state index contributed by atoms with van der Waals surface area (Å²) in [7, 11) is 0. The molecule has 1 rings (SSSR count). The Hall–Kier alpha value is -1.36. The Kier molecular flexibility index (Phi) is 14.4. The van der Waals surface area contributed by atoms with Crippen LogP contribution in [0.1, 0.15) is 40.2 Å². The van der Waals surface area contributed by atoms with Gasteiger partial charge in [-0.3, -0.25) is 0 Å². The zero-order valence-electron chi connectivity index (χ0n) is 9.13. The van der Waals surface area contributed by atoms with Crippen molar-refractivity contribution in [1.29, 1.82) is 0 Å². The smallest absolute Gasteiger partial charge is 0.0652 e. The summed E-state index contributed by atoms with van der Waals surface area (Å²) in [5.41, 5.74) is 0.910. The molecule has 0 aromatic carbocycles. The Labute approximate surface area is 81.4 Å². The van der Waals surface area contributed by atoms with Crippen molar-refractivity contribution in [3.05, 3.63) is 24.0 Å². The van der Waals surface area contributed by atoms with E-state index in [2.05, 4.69) is 22.0 Å². The molecule has 0 aliphatic rings. The Balaban J connectivity index is 0. The fraction of sp³-hybridized carbons (Fsp3) is 0.455. The summed E-state index contributed by atoms with van der Waals surface area (Å²) >= 11 is 0. The van der Waals surface area contributed by atoms with Gasteiger partial charge in [0.15, 0.2) is 0 Å². The fourth-order valence-electron chi connectivity index (χ4n) is 0.509. The summed E-state index contributed by atoms with van der Waals surface area (Å²) in [6.07, 6.45) is 3.26. The molecule has 0 saturated heterocycles. The van der Waals surface area contributed by atoms with Gasteiger partial charge in [0.25, 0.3) is 0 Å². The summed E-state index contributed by atoms with van der Waals surface area (Å²) in [5.74, 6) is 5.62. The van der Waals surface area contributed by atoms with Crippen LogP contribution in [0.4, 0.5) is 0 Å². The topological polar surface area (TPSA) is 25.8 Å². The monoisotopic (exact) mass is 178 g/mol. The Morgan fingerprint density at radius 3 is 2.08 bits per heavy atom. The number of hydrogen-bond acceptors (Lipinski definition) is 2. The number of rotatable bonds is 0. The van der Waals surface area contributed by atoms with Crippen LogP contribution in [0.2, 0.25) is 0 Å². The van der Waals surface area contributed by atoms with Gasteiger partial charge in [0, 0.05) is 5.56 Å². The molecule has 0 aliphatic carbocycles. The SMILES string of the molecule is CC.CC.CC#Cc1ccnnc1.